The fourth-order valence-electron chi connectivity index (χ4n) is 2.21. The number of likely N-dealkylation sites (N-methyl/N-ethyl adjacent to an activating group) is 1. The second-order valence-electron chi connectivity index (χ2n) is 7.40. The highest BCUT2D eigenvalue weighted by molar-refractivity contribution is 5.94. The van der Waals surface area contributed by atoms with E-state index in [4.69, 9.17) is 4.74 Å². The topological polar surface area (TPSA) is 59.1 Å². The van der Waals surface area contributed by atoms with Gasteiger partial charge in [0, 0.05) is 24.7 Å². The van der Waals surface area contributed by atoms with Crippen molar-refractivity contribution in [2.24, 2.45) is 0 Å². The molecule has 0 saturated heterocycles. The van der Waals surface area contributed by atoms with E-state index in [2.05, 4.69) is 4.74 Å². The Morgan fingerprint density at radius 3 is 2.36 bits per heavy atom. The van der Waals surface area contributed by atoms with Gasteiger partial charge in [-0.3, -0.25) is 9.59 Å². The Bertz CT molecular complexity index is 685. The van der Waals surface area contributed by atoms with Gasteiger partial charge in [-0.05, 0) is 47.0 Å². The van der Waals surface area contributed by atoms with Crippen molar-refractivity contribution in [3.05, 3.63) is 35.9 Å². The van der Waals surface area contributed by atoms with Crippen LogP contribution in [0.2, 0.25) is 0 Å². The van der Waals surface area contributed by atoms with Gasteiger partial charge < -0.3 is 19.3 Å². The van der Waals surface area contributed by atoms with Crippen molar-refractivity contribution in [1.82, 2.24) is 9.80 Å². The second kappa shape index (κ2) is 10.8. The molecule has 0 unspecified atom stereocenters. The van der Waals surface area contributed by atoms with Crippen LogP contribution in [0, 0.1) is 0 Å². The van der Waals surface area contributed by atoms with Crippen molar-refractivity contribution in [3.63, 3.8) is 0 Å². The first-order valence-corrected chi connectivity index (χ1v) is 8.85. The average molecular weight is 398 g/mol. The molecular weight excluding hydrogens is 370 g/mol. The molecule has 0 N–H and O–H groups in total. The van der Waals surface area contributed by atoms with Crippen molar-refractivity contribution in [1.29, 1.82) is 0 Å². The van der Waals surface area contributed by atoms with Crippen molar-refractivity contribution in [2.75, 3.05) is 33.7 Å². The highest BCUT2D eigenvalue weighted by Crippen LogP contribution is 2.21. The van der Waals surface area contributed by atoms with E-state index in [1.165, 1.54) is 23.1 Å². The van der Waals surface area contributed by atoms with E-state index in [-0.39, 0.29) is 12.3 Å². The molecule has 8 heteroatoms. The third kappa shape index (κ3) is 9.45. The first kappa shape index (κ1) is 23.6. The highest BCUT2D eigenvalue weighted by atomic mass is 19.3. The van der Waals surface area contributed by atoms with Gasteiger partial charge in [-0.2, -0.15) is 8.78 Å². The smallest absolute Gasteiger partial charge is 0.387 e. The quantitative estimate of drug-likeness (QED) is 0.473. The third-order valence-electron chi connectivity index (χ3n) is 3.41. The van der Waals surface area contributed by atoms with E-state index in [0.717, 1.165) is 0 Å². The van der Waals surface area contributed by atoms with E-state index >= 15 is 0 Å². The van der Waals surface area contributed by atoms with Crippen LogP contribution in [0.4, 0.5) is 8.78 Å². The molecule has 1 amide bonds. The molecule has 0 aliphatic carbocycles. The molecule has 0 radical (unpaired) electrons. The molecular formula is C20H28F2N2O4. The van der Waals surface area contributed by atoms with Gasteiger partial charge in [0.2, 0.25) is 5.91 Å². The lowest BCUT2D eigenvalue weighted by atomic mass is 10.2. The molecule has 1 aromatic carbocycles. The van der Waals surface area contributed by atoms with Gasteiger partial charge in [0.05, 0.1) is 0 Å². The van der Waals surface area contributed by atoms with Crippen LogP contribution in [-0.2, 0) is 14.3 Å². The number of carbonyl (C=O) groups excluding carboxylic acids is 2. The van der Waals surface area contributed by atoms with E-state index in [9.17, 15) is 18.4 Å². The Hall–Kier alpha value is -2.48. The highest BCUT2D eigenvalue weighted by Gasteiger charge is 2.21. The predicted octanol–water partition coefficient (Wildman–Crippen LogP) is 3.03. The van der Waals surface area contributed by atoms with Crippen molar-refractivity contribution >= 4 is 18.0 Å². The molecule has 1 rings (SSSR count). The summed E-state index contributed by atoms with van der Waals surface area (Å²) in [5, 5.41) is 0. The van der Waals surface area contributed by atoms with Crippen LogP contribution in [0.1, 0.15) is 26.3 Å². The fraction of sp³-hybridized carbons (Fsp3) is 0.500. The third-order valence-corrected chi connectivity index (χ3v) is 3.41. The Kier molecular flexibility index (Phi) is 9.05. The molecule has 0 saturated carbocycles. The standard InChI is InChI=1S/C20H28F2N2O4/c1-20(2,3)28-18(26)14-24(13-12-23(4)5)17(25)11-10-15-8-6-7-9-16(15)27-19(21)22/h6-11,19H,12-14H2,1-5H3/b11-10+. The molecule has 0 aliphatic heterocycles. The molecule has 1 aromatic rings. The van der Waals surface area contributed by atoms with Crippen LogP contribution < -0.4 is 4.74 Å². The van der Waals surface area contributed by atoms with Crippen molar-refractivity contribution in [2.45, 2.75) is 33.0 Å². The number of benzene rings is 1. The minimum Gasteiger partial charge on any atom is -0.459 e. The zero-order valence-corrected chi connectivity index (χ0v) is 16.9. The number of alkyl halides is 2. The van der Waals surface area contributed by atoms with Gasteiger partial charge in [-0.15, -0.1) is 0 Å². The number of hydrogen-bond donors (Lipinski definition) is 0. The number of esters is 1. The number of hydrogen-bond acceptors (Lipinski definition) is 5. The molecule has 0 aliphatic rings. The van der Waals surface area contributed by atoms with Crippen LogP contribution in [0.5, 0.6) is 5.75 Å². The summed E-state index contributed by atoms with van der Waals surface area (Å²) in [6, 6.07) is 6.15. The Morgan fingerprint density at radius 2 is 1.79 bits per heavy atom. The number of nitrogens with zero attached hydrogens (tertiary/aromatic N) is 2. The number of amides is 1. The van der Waals surface area contributed by atoms with Gasteiger partial charge >= 0.3 is 12.6 Å². The predicted molar refractivity (Wildman–Crippen MR) is 103 cm³/mol. The Labute approximate surface area is 164 Å². The zero-order chi connectivity index (χ0) is 21.3. The van der Waals surface area contributed by atoms with Crippen LogP contribution in [-0.4, -0.2) is 67.6 Å². The monoisotopic (exact) mass is 398 g/mol. The minimum absolute atomic E-state index is 0.0338. The van der Waals surface area contributed by atoms with Crippen molar-refractivity contribution in [3.8, 4) is 5.75 Å². The molecule has 6 nitrogen and oxygen atoms in total. The Balaban J connectivity index is 2.91. The summed E-state index contributed by atoms with van der Waals surface area (Å²) >= 11 is 0. The van der Waals surface area contributed by atoms with E-state index in [1.807, 2.05) is 19.0 Å². The van der Waals surface area contributed by atoms with Gasteiger partial charge in [-0.25, -0.2) is 0 Å². The largest absolute Gasteiger partial charge is 0.459 e. The first-order chi connectivity index (χ1) is 13.0. The lowest BCUT2D eigenvalue weighted by molar-refractivity contribution is -0.158. The lowest BCUT2D eigenvalue weighted by Crippen LogP contribution is -2.41. The summed E-state index contributed by atoms with van der Waals surface area (Å²) in [4.78, 5) is 27.9. The maximum Gasteiger partial charge on any atom is 0.387 e. The molecule has 0 heterocycles. The SMILES string of the molecule is CN(C)CCN(CC(=O)OC(C)(C)C)C(=O)/C=C/c1ccccc1OC(F)F. The van der Waals surface area contributed by atoms with Gasteiger partial charge in [0.25, 0.3) is 0 Å². The molecule has 0 fully saturated rings. The molecule has 0 bridgehead atoms. The van der Waals surface area contributed by atoms with Gasteiger partial charge in [0.1, 0.15) is 17.9 Å². The second-order valence-corrected chi connectivity index (χ2v) is 7.40. The van der Waals surface area contributed by atoms with Crippen molar-refractivity contribution < 1.29 is 27.8 Å². The minimum atomic E-state index is -2.96. The number of rotatable bonds is 9. The normalized spacial score (nSPS) is 11.9. The number of carbonyl (C=O) groups is 2. The number of para-hydroxylation sites is 1. The lowest BCUT2D eigenvalue weighted by Gasteiger charge is -2.25. The van der Waals surface area contributed by atoms with E-state index in [0.29, 0.717) is 18.7 Å². The Morgan fingerprint density at radius 1 is 1.14 bits per heavy atom. The molecule has 0 spiro atoms. The maximum atomic E-state index is 12.6. The summed E-state index contributed by atoms with van der Waals surface area (Å²) in [6.45, 7) is 2.93. The van der Waals surface area contributed by atoms with Crippen LogP contribution in [0.25, 0.3) is 6.08 Å². The molecule has 28 heavy (non-hydrogen) atoms. The van der Waals surface area contributed by atoms with E-state index in [1.54, 1.807) is 39.0 Å². The summed E-state index contributed by atoms with van der Waals surface area (Å²) < 4.78 is 34.7. The fourth-order valence-corrected chi connectivity index (χ4v) is 2.21. The molecule has 156 valence electrons. The van der Waals surface area contributed by atoms with Gasteiger partial charge in [-0.1, -0.05) is 18.2 Å². The van der Waals surface area contributed by atoms with E-state index < -0.39 is 24.1 Å². The number of ether oxygens (including phenoxy) is 2. The summed E-state index contributed by atoms with van der Waals surface area (Å²) in [5.41, 5.74) is -0.324. The van der Waals surface area contributed by atoms with Crippen LogP contribution in [0.15, 0.2) is 30.3 Å². The van der Waals surface area contributed by atoms with Crippen LogP contribution in [0.3, 0.4) is 0 Å². The van der Waals surface area contributed by atoms with Crippen LogP contribution >= 0.6 is 0 Å². The summed E-state index contributed by atoms with van der Waals surface area (Å²) in [6.07, 6.45) is 2.62. The molecule has 0 aromatic heterocycles. The first-order valence-electron chi connectivity index (χ1n) is 8.85. The average Bonchev–Trinajstić information content (AvgIpc) is 2.55. The number of halogens is 2. The molecule has 0 atom stereocenters. The maximum absolute atomic E-state index is 12.6. The van der Waals surface area contributed by atoms with Gasteiger partial charge in [0.15, 0.2) is 0 Å². The summed E-state index contributed by atoms with van der Waals surface area (Å²) in [7, 11) is 3.70. The summed E-state index contributed by atoms with van der Waals surface area (Å²) in [5.74, 6) is -0.984. The zero-order valence-electron chi connectivity index (χ0n) is 16.9.